The molecule has 0 amide bonds. The van der Waals surface area contributed by atoms with Gasteiger partial charge in [0.05, 0.1) is 6.61 Å². The van der Waals surface area contributed by atoms with E-state index in [2.05, 4.69) is 11.1 Å². The smallest absolute Gasteiger partial charge is 0.494 e. The molecule has 0 N–H and O–H groups in total. The van der Waals surface area contributed by atoms with Gasteiger partial charge in [-0.15, -0.1) is 0 Å². The molecule has 1 rings (SSSR count). The molecule has 33 heavy (non-hydrogen) atoms. The molecule has 0 spiro atoms. The van der Waals surface area contributed by atoms with Gasteiger partial charge in [0.25, 0.3) is 0 Å². The summed E-state index contributed by atoms with van der Waals surface area (Å²) in [5.41, 5.74) is -5.45. The van der Waals surface area contributed by atoms with Crippen molar-refractivity contribution in [3.05, 3.63) is 24.3 Å². The van der Waals surface area contributed by atoms with Crippen molar-refractivity contribution in [2.75, 3.05) is 6.61 Å². The van der Waals surface area contributed by atoms with Gasteiger partial charge >= 0.3 is 15.6 Å². The van der Waals surface area contributed by atoms with Crippen molar-refractivity contribution in [1.29, 1.82) is 0 Å². The predicted octanol–water partition coefficient (Wildman–Crippen LogP) is 8.56. The highest BCUT2D eigenvalue weighted by atomic mass is 32.2. The summed E-state index contributed by atoms with van der Waals surface area (Å²) in [4.78, 5) is 0. The molecule has 0 saturated heterocycles. The Kier molecular flexibility index (Phi) is 15.3. The lowest BCUT2D eigenvalue weighted by Crippen LogP contribution is -2.28. The number of hydrogen-bond donors (Lipinski definition) is 0. The van der Waals surface area contributed by atoms with E-state index >= 15 is 0 Å². The zero-order chi connectivity index (χ0) is 24.4. The maximum atomic E-state index is 12.3. The molecule has 0 aromatic heterocycles. The van der Waals surface area contributed by atoms with Gasteiger partial charge in [-0.1, -0.05) is 103 Å². The number of alkyl halides is 3. The van der Waals surface area contributed by atoms with Crippen molar-refractivity contribution in [2.24, 2.45) is 0 Å². The Hall–Kier alpha value is -1.44. The summed E-state index contributed by atoms with van der Waals surface area (Å²) < 4.78 is 68.5. The quantitative estimate of drug-likeness (QED) is 0.103. The Bertz CT molecular complexity index is 703. The second kappa shape index (κ2) is 17.1. The van der Waals surface area contributed by atoms with E-state index in [0.717, 1.165) is 25.0 Å². The average Bonchev–Trinajstić information content (AvgIpc) is 2.76. The zero-order valence-corrected chi connectivity index (χ0v) is 20.8. The fourth-order valence-electron chi connectivity index (χ4n) is 3.61. The van der Waals surface area contributed by atoms with Crippen molar-refractivity contribution in [2.45, 2.75) is 115 Å². The first-order valence-electron chi connectivity index (χ1n) is 12.5. The van der Waals surface area contributed by atoms with Crippen LogP contribution in [0.15, 0.2) is 24.3 Å². The van der Waals surface area contributed by atoms with Gasteiger partial charge in [-0.2, -0.15) is 21.6 Å². The summed E-state index contributed by atoms with van der Waals surface area (Å²) in [6.07, 6.45) is 20.7. The highest BCUT2D eigenvalue weighted by Crippen LogP contribution is 2.28. The fourth-order valence-corrected chi connectivity index (χ4v) is 4.06. The first kappa shape index (κ1) is 29.6. The lowest BCUT2D eigenvalue weighted by molar-refractivity contribution is -0.0500. The van der Waals surface area contributed by atoms with Crippen LogP contribution in [0.2, 0.25) is 0 Å². The van der Waals surface area contributed by atoms with E-state index in [0.29, 0.717) is 12.4 Å². The van der Waals surface area contributed by atoms with Crippen LogP contribution < -0.4 is 8.92 Å². The molecule has 0 atom stereocenters. The predicted molar refractivity (Wildman–Crippen MR) is 127 cm³/mol. The van der Waals surface area contributed by atoms with Crippen LogP contribution >= 0.6 is 0 Å². The molecule has 0 aliphatic rings. The van der Waals surface area contributed by atoms with Crippen LogP contribution in [0.25, 0.3) is 0 Å². The fraction of sp³-hybridized carbons (Fsp3) is 0.760. The maximum absolute atomic E-state index is 12.3. The summed E-state index contributed by atoms with van der Waals surface area (Å²) in [6, 6.07) is 5.08. The standard InChI is InChI=1S/C25H41F3O4S/c1-2-3-4-5-6-7-8-9-10-11-12-13-14-15-16-17-22-31-23-18-20-24(21-19-23)32-33(29,30)25(26,27)28/h18-21H,2-17,22H2,1H3. The van der Waals surface area contributed by atoms with E-state index in [4.69, 9.17) is 4.74 Å². The van der Waals surface area contributed by atoms with Gasteiger partial charge in [0, 0.05) is 0 Å². The number of halogens is 3. The van der Waals surface area contributed by atoms with Gasteiger partial charge in [-0.3, -0.25) is 0 Å². The van der Waals surface area contributed by atoms with Gasteiger partial charge in [-0.05, 0) is 30.7 Å². The third-order valence-electron chi connectivity index (χ3n) is 5.58. The number of hydrogen-bond acceptors (Lipinski definition) is 4. The Balaban J connectivity index is 1.95. The molecule has 1 aromatic carbocycles. The van der Waals surface area contributed by atoms with E-state index in [-0.39, 0.29) is 0 Å². The van der Waals surface area contributed by atoms with E-state index in [1.54, 1.807) is 0 Å². The number of ether oxygens (including phenoxy) is 1. The molecule has 8 heteroatoms. The third-order valence-corrected chi connectivity index (χ3v) is 6.56. The molecule has 0 aliphatic carbocycles. The topological polar surface area (TPSA) is 52.6 Å². The summed E-state index contributed by atoms with van der Waals surface area (Å²) in [6.45, 7) is 2.77. The van der Waals surface area contributed by atoms with Crippen LogP contribution in [0.4, 0.5) is 13.2 Å². The summed E-state index contributed by atoms with van der Waals surface area (Å²) >= 11 is 0. The highest BCUT2D eigenvalue weighted by Gasteiger charge is 2.48. The minimum Gasteiger partial charge on any atom is -0.494 e. The van der Waals surface area contributed by atoms with E-state index in [9.17, 15) is 21.6 Å². The summed E-state index contributed by atoms with van der Waals surface area (Å²) in [5.74, 6) is 0.0646. The molecule has 1 aromatic rings. The maximum Gasteiger partial charge on any atom is 0.534 e. The van der Waals surface area contributed by atoms with Gasteiger partial charge in [0.1, 0.15) is 11.5 Å². The van der Waals surface area contributed by atoms with Crippen LogP contribution in [-0.2, 0) is 10.1 Å². The molecule has 0 unspecified atom stereocenters. The molecular formula is C25H41F3O4S. The van der Waals surface area contributed by atoms with E-state index in [1.165, 1.54) is 102 Å². The van der Waals surface area contributed by atoms with Crippen LogP contribution in [-0.4, -0.2) is 20.5 Å². The van der Waals surface area contributed by atoms with E-state index < -0.39 is 21.4 Å². The number of rotatable bonds is 20. The van der Waals surface area contributed by atoms with Crippen LogP contribution in [0.1, 0.15) is 110 Å². The van der Waals surface area contributed by atoms with Crippen LogP contribution in [0, 0.1) is 0 Å². The van der Waals surface area contributed by atoms with E-state index in [1.807, 2.05) is 0 Å². The molecule has 0 heterocycles. The molecule has 0 fully saturated rings. The Morgan fingerprint density at radius 1 is 0.636 bits per heavy atom. The molecule has 4 nitrogen and oxygen atoms in total. The zero-order valence-electron chi connectivity index (χ0n) is 20.0. The molecular weight excluding hydrogens is 453 g/mol. The number of unbranched alkanes of at least 4 members (excludes halogenated alkanes) is 15. The largest absolute Gasteiger partial charge is 0.534 e. The first-order valence-corrected chi connectivity index (χ1v) is 13.9. The Morgan fingerprint density at radius 2 is 1.00 bits per heavy atom. The Labute approximate surface area is 198 Å². The van der Waals surface area contributed by atoms with Crippen molar-refractivity contribution < 1.29 is 30.5 Å². The van der Waals surface area contributed by atoms with Gasteiger partial charge < -0.3 is 8.92 Å². The molecule has 0 radical (unpaired) electrons. The lowest BCUT2D eigenvalue weighted by Gasteiger charge is -2.10. The average molecular weight is 495 g/mol. The summed E-state index contributed by atoms with van der Waals surface area (Å²) in [7, 11) is -5.65. The van der Waals surface area contributed by atoms with Crippen molar-refractivity contribution in [3.8, 4) is 11.5 Å². The molecule has 0 aliphatic heterocycles. The third kappa shape index (κ3) is 14.4. The minimum absolute atomic E-state index is 0.401. The Morgan fingerprint density at radius 3 is 1.39 bits per heavy atom. The molecule has 0 saturated carbocycles. The lowest BCUT2D eigenvalue weighted by atomic mass is 10.0. The number of benzene rings is 1. The monoisotopic (exact) mass is 494 g/mol. The van der Waals surface area contributed by atoms with Crippen LogP contribution in [0.3, 0.4) is 0 Å². The van der Waals surface area contributed by atoms with Crippen molar-refractivity contribution in [3.63, 3.8) is 0 Å². The van der Waals surface area contributed by atoms with Gasteiger partial charge in [-0.25, -0.2) is 0 Å². The highest BCUT2D eigenvalue weighted by molar-refractivity contribution is 7.88. The van der Waals surface area contributed by atoms with Gasteiger partial charge in [0.15, 0.2) is 0 Å². The van der Waals surface area contributed by atoms with Gasteiger partial charge in [0.2, 0.25) is 0 Å². The second-order valence-corrected chi connectivity index (χ2v) is 10.1. The van der Waals surface area contributed by atoms with Crippen molar-refractivity contribution >= 4 is 10.1 Å². The SMILES string of the molecule is CCCCCCCCCCCCCCCCCCOc1ccc(OS(=O)(=O)C(F)(F)F)cc1. The second-order valence-electron chi connectivity index (χ2n) is 8.61. The minimum atomic E-state index is -5.65. The van der Waals surface area contributed by atoms with Crippen LogP contribution in [0.5, 0.6) is 11.5 Å². The molecule has 0 bridgehead atoms. The normalized spacial score (nSPS) is 12.1. The summed E-state index contributed by atoms with van der Waals surface area (Å²) in [5, 5.41) is 0. The molecule has 192 valence electrons. The van der Waals surface area contributed by atoms with Crippen molar-refractivity contribution in [1.82, 2.24) is 0 Å². The first-order chi connectivity index (χ1) is 15.8.